The fraction of sp³-hybridized carbons (Fsp3) is 0.286. The van der Waals surface area contributed by atoms with E-state index in [1.165, 1.54) is 17.3 Å². The number of carbonyl (C=O) groups excluding carboxylic acids is 1. The fourth-order valence-electron chi connectivity index (χ4n) is 3.31. The number of sulfonamides is 1. The van der Waals surface area contributed by atoms with Gasteiger partial charge >= 0.3 is 0 Å². The summed E-state index contributed by atoms with van der Waals surface area (Å²) in [5.74, 6) is 0.515. The Morgan fingerprint density at radius 1 is 1.16 bits per heavy atom. The zero-order chi connectivity index (χ0) is 21.8. The van der Waals surface area contributed by atoms with Crippen molar-refractivity contribution in [3.8, 4) is 11.5 Å². The molecule has 1 N–H and O–H groups in total. The van der Waals surface area contributed by atoms with E-state index in [0.29, 0.717) is 28.9 Å². The van der Waals surface area contributed by atoms with Gasteiger partial charge in [-0.25, -0.2) is 8.42 Å². The lowest BCUT2D eigenvalue weighted by Gasteiger charge is -2.29. The average Bonchev–Trinajstić information content (AvgIpc) is 3.26. The van der Waals surface area contributed by atoms with Gasteiger partial charge in [-0.3, -0.25) is 9.52 Å². The summed E-state index contributed by atoms with van der Waals surface area (Å²) in [5, 5.41) is 8.35. The largest absolute Gasteiger partial charge is 0.411 e. The number of rotatable bonds is 7. The number of anilines is 2. The zero-order valence-corrected chi connectivity index (χ0v) is 18.6. The summed E-state index contributed by atoms with van der Waals surface area (Å²) < 4.78 is 31.5. The van der Waals surface area contributed by atoms with Gasteiger partial charge in [0.2, 0.25) is 21.8 Å². The molecule has 0 saturated heterocycles. The molecule has 0 unspecified atom stereocenters. The number of aromatic nitrogens is 2. The molecule has 1 amide bonds. The normalized spacial score (nSPS) is 13.6. The van der Waals surface area contributed by atoms with E-state index in [2.05, 4.69) is 21.0 Å². The SMILES string of the molecule is CCS(=O)(=O)Nc1ccc(-c2nnc(SCC(=O)N3CCCc4ccccc43)o2)cc1. The molecule has 3 aromatic rings. The highest BCUT2D eigenvalue weighted by atomic mass is 32.2. The van der Waals surface area contributed by atoms with Gasteiger partial charge < -0.3 is 9.32 Å². The van der Waals surface area contributed by atoms with E-state index >= 15 is 0 Å². The Bertz CT molecular complexity index is 1180. The van der Waals surface area contributed by atoms with Crippen LogP contribution in [0.1, 0.15) is 18.9 Å². The van der Waals surface area contributed by atoms with E-state index in [9.17, 15) is 13.2 Å². The molecule has 0 spiro atoms. The second-order valence-electron chi connectivity index (χ2n) is 7.02. The molecule has 2 heterocycles. The first-order chi connectivity index (χ1) is 14.9. The number of benzene rings is 2. The molecule has 162 valence electrons. The highest BCUT2D eigenvalue weighted by Crippen LogP contribution is 2.29. The van der Waals surface area contributed by atoms with Crippen molar-refractivity contribution in [2.24, 2.45) is 0 Å². The van der Waals surface area contributed by atoms with Crippen molar-refractivity contribution in [2.75, 3.05) is 27.7 Å². The first-order valence-corrected chi connectivity index (χ1v) is 12.5. The molecule has 10 heteroatoms. The van der Waals surface area contributed by atoms with Crippen LogP contribution in [0.4, 0.5) is 11.4 Å². The minimum atomic E-state index is -3.33. The molecule has 1 aromatic heterocycles. The average molecular weight is 459 g/mol. The summed E-state index contributed by atoms with van der Waals surface area (Å²) in [6.07, 6.45) is 1.93. The number of thioether (sulfide) groups is 1. The lowest BCUT2D eigenvalue weighted by molar-refractivity contribution is -0.116. The van der Waals surface area contributed by atoms with Gasteiger partial charge in [0.05, 0.1) is 11.5 Å². The van der Waals surface area contributed by atoms with E-state index < -0.39 is 10.0 Å². The molecule has 0 radical (unpaired) electrons. The smallest absolute Gasteiger partial charge is 0.277 e. The van der Waals surface area contributed by atoms with Crippen molar-refractivity contribution in [1.29, 1.82) is 0 Å². The predicted molar refractivity (Wildman–Crippen MR) is 121 cm³/mol. The van der Waals surface area contributed by atoms with Crippen LogP contribution in [0, 0.1) is 0 Å². The van der Waals surface area contributed by atoms with Crippen LogP contribution in [0.2, 0.25) is 0 Å². The van der Waals surface area contributed by atoms with Gasteiger partial charge in [-0.1, -0.05) is 30.0 Å². The monoisotopic (exact) mass is 458 g/mol. The number of hydrogen-bond acceptors (Lipinski definition) is 7. The molecule has 8 nitrogen and oxygen atoms in total. The Morgan fingerprint density at radius 3 is 2.71 bits per heavy atom. The molecule has 1 aliphatic heterocycles. The quantitative estimate of drug-likeness (QED) is 0.540. The van der Waals surface area contributed by atoms with Crippen molar-refractivity contribution in [3.05, 3.63) is 54.1 Å². The molecule has 2 aromatic carbocycles. The number of carbonyl (C=O) groups is 1. The van der Waals surface area contributed by atoms with Crippen molar-refractivity contribution in [2.45, 2.75) is 25.0 Å². The van der Waals surface area contributed by atoms with E-state index in [1.54, 1.807) is 31.2 Å². The zero-order valence-electron chi connectivity index (χ0n) is 16.9. The van der Waals surface area contributed by atoms with Crippen LogP contribution >= 0.6 is 11.8 Å². The maximum absolute atomic E-state index is 12.7. The lowest BCUT2D eigenvalue weighted by Crippen LogP contribution is -2.36. The number of hydrogen-bond donors (Lipinski definition) is 1. The minimum absolute atomic E-state index is 0.000722. The molecular weight excluding hydrogens is 436 g/mol. The first kappa shape index (κ1) is 21.4. The number of nitrogens with one attached hydrogen (secondary N) is 1. The number of fused-ring (bicyclic) bond motifs is 1. The van der Waals surface area contributed by atoms with Gasteiger partial charge in [-0.15, -0.1) is 10.2 Å². The van der Waals surface area contributed by atoms with Crippen molar-refractivity contribution >= 4 is 39.1 Å². The van der Waals surface area contributed by atoms with Crippen molar-refractivity contribution < 1.29 is 17.6 Å². The van der Waals surface area contributed by atoms with E-state index in [0.717, 1.165) is 18.5 Å². The summed E-state index contributed by atoms with van der Waals surface area (Å²) in [6, 6.07) is 14.6. The van der Waals surface area contributed by atoms with E-state index in [-0.39, 0.29) is 17.4 Å². The Kier molecular flexibility index (Phi) is 6.28. The lowest BCUT2D eigenvalue weighted by atomic mass is 10.0. The summed E-state index contributed by atoms with van der Waals surface area (Å²) >= 11 is 1.20. The van der Waals surface area contributed by atoms with Crippen LogP contribution < -0.4 is 9.62 Å². The summed E-state index contributed by atoms with van der Waals surface area (Å²) in [7, 11) is -3.33. The van der Waals surface area contributed by atoms with Crippen LogP contribution in [-0.4, -0.2) is 42.6 Å². The van der Waals surface area contributed by atoms with E-state index in [1.807, 2.05) is 23.1 Å². The maximum atomic E-state index is 12.7. The Morgan fingerprint density at radius 2 is 1.94 bits per heavy atom. The Labute approximate surface area is 185 Å². The third kappa shape index (κ3) is 5.08. The summed E-state index contributed by atoms with van der Waals surface area (Å²) in [5.41, 5.74) is 3.29. The molecular formula is C21H22N4O4S2. The minimum Gasteiger partial charge on any atom is -0.411 e. The second kappa shape index (κ2) is 9.11. The number of amides is 1. The van der Waals surface area contributed by atoms with Crippen LogP contribution in [0.15, 0.2) is 58.2 Å². The molecule has 4 rings (SSSR count). The second-order valence-corrected chi connectivity index (χ2v) is 9.96. The Hall–Kier alpha value is -2.85. The summed E-state index contributed by atoms with van der Waals surface area (Å²) in [6.45, 7) is 2.28. The third-order valence-corrected chi connectivity index (χ3v) is 7.03. The van der Waals surface area contributed by atoms with Crippen molar-refractivity contribution in [3.63, 3.8) is 0 Å². The van der Waals surface area contributed by atoms with Gasteiger partial charge in [-0.2, -0.15) is 0 Å². The number of nitrogens with zero attached hydrogens (tertiary/aromatic N) is 3. The molecule has 1 aliphatic rings. The highest BCUT2D eigenvalue weighted by molar-refractivity contribution is 7.99. The molecule has 0 bridgehead atoms. The van der Waals surface area contributed by atoms with Gasteiger partial charge in [0.15, 0.2) is 0 Å². The molecule has 0 saturated carbocycles. The highest BCUT2D eigenvalue weighted by Gasteiger charge is 2.23. The number of aryl methyl sites for hydroxylation is 1. The van der Waals surface area contributed by atoms with Crippen molar-refractivity contribution in [1.82, 2.24) is 10.2 Å². The predicted octanol–water partition coefficient (Wildman–Crippen LogP) is 3.57. The topological polar surface area (TPSA) is 105 Å². The van der Waals surface area contributed by atoms with Gasteiger partial charge in [-0.05, 0) is 55.7 Å². The molecule has 0 fully saturated rings. The Balaban J connectivity index is 1.38. The maximum Gasteiger partial charge on any atom is 0.277 e. The van der Waals surface area contributed by atoms with Crippen LogP contribution in [0.3, 0.4) is 0 Å². The van der Waals surface area contributed by atoms with Crippen LogP contribution in [0.5, 0.6) is 0 Å². The van der Waals surface area contributed by atoms with Gasteiger partial charge in [0.1, 0.15) is 0 Å². The molecule has 0 aliphatic carbocycles. The first-order valence-electron chi connectivity index (χ1n) is 9.90. The number of para-hydroxylation sites is 1. The van der Waals surface area contributed by atoms with E-state index in [4.69, 9.17) is 4.42 Å². The van der Waals surface area contributed by atoms with Gasteiger partial charge in [0, 0.05) is 23.5 Å². The van der Waals surface area contributed by atoms with Crippen LogP contribution in [0.25, 0.3) is 11.5 Å². The standard InChI is InChI=1S/C21H22N4O4S2/c1-2-31(27,28)24-17-11-9-16(10-12-17)20-22-23-21(29-20)30-14-19(26)25-13-5-7-15-6-3-4-8-18(15)25/h3-4,6,8-12,24H,2,5,7,13-14H2,1H3. The third-order valence-electron chi connectivity index (χ3n) is 4.92. The molecule has 0 atom stereocenters. The van der Waals surface area contributed by atoms with Gasteiger partial charge in [0.25, 0.3) is 5.22 Å². The molecule has 31 heavy (non-hydrogen) atoms. The fourth-order valence-corrected chi connectivity index (χ4v) is 4.59. The summed E-state index contributed by atoms with van der Waals surface area (Å²) in [4.78, 5) is 14.6. The van der Waals surface area contributed by atoms with Crippen LogP contribution in [-0.2, 0) is 21.2 Å².